The molecular weight excluding hydrogens is 234 g/mol. The summed E-state index contributed by atoms with van der Waals surface area (Å²) in [5.41, 5.74) is 5.35. The summed E-state index contributed by atoms with van der Waals surface area (Å²) in [7, 11) is 0. The third kappa shape index (κ3) is 2.35. The monoisotopic (exact) mass is 251 g/mol. The van der Waals surface area contributed by atoms with E-state index < -0.39 is 5.60 Å². The number of hydrogen-bond donors (Lipinski definition) is 3. The number of amidine groups is 1. The van der Waals surface area contributed by atoms with Crippen molar-refractivity contribution in [1.82, 2.24) is 9.97 Å². The smallest absolute Gasteiger partial charge is 0.175 e. The molecule has 1 aromatic rings. The van der Waals surface area contributed by atoms with E-state index in [4.69, 9.17) is 10.9 Å². The van der Waals surface area contributed by atoms with Crippen LogP contribution in [-0.4, -0.2) is 44.8 Å². The van der Waals surface area contributed by atoms with Gasteiger partial charge >= 0.3 is 0 Å². The summed E-state index contributed by atoms with van der Waals surface area (Å²) in [4.78, 5) is 10.3. The largest absolute Gasteiger partial charge is 0.409 e. The van der Waals surface area contributed by atoms with Gasteiger partial charge in [-0.25, -0.2) is 9.97 Å². The van der Waals surface area contributed by atoms with Crippen molar-refractivity contribution in [3.05, 3.63) is 17.6 Å². The van der Waals surface area contributed by atoms with Gasteiger partial charge in [0.15, 0.2) is 5.84 Å². The van der Waals surface area contributed by atoms with Gasteiger partial charge in [0.1, 0.15) is 11.6 Å². The van der Waals surface area contributed by atoms with E-state index in [1.807, 2.05) is 4.90 Å². The fourth-order valence-electron chi connectivity index (χ4n) is 2.06. The number of β-amino-alcohol motifs (C(OH)–C–C–N with tert-alkyl or cyclic N) is 1. The Morgan fingerprint density at radius 2 is 2.33 bits per heavy atom. The molecule has 0 aromatic carbocycles. The van der Waals surface area contributed by atoms with Gasteiger partial charge in [0, 0.05) is 19.3 Å². The fraction of sp³-hybridized carbons (Fsp3) is 0.545. The summed E-state index contributed by atoms with van der Waals surface area (Å²) in [6.07, 6.45) is 2.19. The molecule has 1 fully saturated rings. The number of oxime groups is 1. The average molecular weight is 251 g/mol. The molecule has 0 bridgehead atoms. The maximum Gasteiger partial charge on any atom is 0.175 e. The molecule has 0 amide bonds. The van der Waals surface area contributed by atoms with E-state index in [0.717, 1.165) is 0 Å². The second-order valence-corrected chi connectivity index (χ2v) is 4.81. The standard InChI is InChI=1S/C11H17N5O2/c1-7-13-5-8(9(12)15-18)10(14-7)16-4-3-11(2,17)6-16/h5,17-18H,3-4,6H2,1-2H3,(H2,12,15). The number of rotatable bonds is 2. The van der Waals surface area contributed by atoms with Crippen LogP contribution in [-0.2, 0) is 0 Å². The second kappa shape index (κ2) is 4.41. The highest BCUT2D eigenvalue weighted by Crippen LogP contribution is 2.27. The van der Waals surface area contributed by atoms with Crippen LogP contribution in [0.2, 0.25) is 0 Å². The number of aromatic nitrogens is 2. The average Bonchev–Trinajstić information content (AvgIpc) is 2.68. The zero-order chi connectivity index (χ0) is 13.3. The number of anilines is 1. The Labute approximate surface area is 105 Å². The van der Waals surface area contributed by atoms with E-state index in [1.54, 1.807) is 13.8 Å². The predicted molar refractivity (Wildman–Crippen MR) is 66.7 cm³/mol. The van der Waals surface area contributed by atoms with Gasteiger partial charge in [-0.1, -0.05) is 5.16 Å². The number of nitrogens with zero attached hydrogens (tertiary/aromatic N) is 4. The first-order valence-electron chi connectivity index (χ1n) is 5.72. The number of nitrogens with two attached hydrogens (primary N) is 1. The van der Waals surface area contributed by atoms with E-state index in [-0.39, 0.29) is 5.84 Å². The highest BCUT2D eigenvalue weighted by molar-refractivity contribution is 6.01. The molecule has 1 aliphatic heterocycles. The quantitative estimate of drug-likeness (QED) is 0.292. The first-order valence-corrected chi connectivity index (χ1v) is 5.72. The Balaban J connectivity index is 2.40. The molecule has 1 aromatic heterocycles. The topological polar surface area (TPSA) is 108 Å². The van der Waals surface area contributed by atoms with Crippen LogP contribution in [0, 0.1) is 6.92 Å². The van der Waals surface area contributed by atoms with Crippen LogP contribution < -0.4 is 10.6 Å². The molecule has 1 unspecified atom stereocenters. The van der Waals surface area contributed by atoms with E-state index in [9.17, 15) is 5.11 Å². The molecule has 7 nitrogen and oxygen atoms in total. The predicted octanol–water partition coefficient (Wildman–Crippen LogP) is -0.159. The molecular formula is C11H17N5O2. The Bertz CT molecular complexity index is 486. The van der Waals surface area contributed by atoms with Crippen LogP contribution in [0.1, 0.15) is 24.7 Å². The van der Waals surface area contributed by atoms with Crippen LogP contribution in [0.5, 0.6) is 0 Å². The highest BCUT2D eigenvalue weighted by atomic mass is 16.4. The van der Waals surface area contributed by atoms with Crippen molar-refractivity contribution >= 4 is 11.7 Å². The Morgan fingerprint density at radius 3 is 2.89 bits per heavy atom. The van der Waals surface area contributed by atoms with Gasteiger partial charge in [-0.3, -0.25) is 0 Å². The molecule has 7 heteroatoms. The molecule has 1 saturated heterocycles. The van der Waals surface area contributed by atoms with E-state index in [0.29, 0.717) is 36.7 Å². The van der Waals surface area contributed by atoms with Crippen molar-refractivity contribution in [2.24, 2.45) is 10.9 Å². The van der Waals surface area contributed by atoms with Crippen molar-refractivity contribution in [1.29, 1.82) is 0 Å². The number of aryl methyl sites for hydroxylation is 1. The van der Waals surface area contributed by atoms with E-state index in [2.05, 4.69) is 15.1 Å². The first kappa shape index (κ1) is 12.6. The van der Waals surface area contributed by atoms with Crippen molar-refractivity contribution in [2.75, 3.05) is 18.0 Å². The van der Waals surface area contributed by atoms with Gasteiger partial charge in [-0.15, -0.1) is 0 Å². The lowest BCUT2D eigenvalue weighted by molar-refractivity contribution is 0.0839. The third-order valence-electron chi connectivity index (χ3n) is 3.02. The third-order valence-corrected chi connectivity index (χ3v) is 3.02. The maximum atomic E-state index is 9.99. The molecule has 0 aliphatic carbocycles. The summed E-state index contributed by atoms with van der Waals surface area (Å²) in [5, 5.41) is 21.7. The Hall–Kier alpha value is -1.89. The summed E-state index contributed by atoms with van der Waals surface area (Å²) in [5.74, 6) is 1.16. The minimum Gasteiger partial charge on any atom is -0.409 e. The lowest BCUT2D eigenvalue weighted by Gasteiger charge is -2.22. The van der Waals surface area contributed by atoms with Crippen molar-refractivity contribution in [2.45, 2.75) is 25.9 Å². The summed E-state index contributed by atoms with van der Waals surface area (Å²) in [6, 6.07) is 0. The minimum atomic E-state index is -0.735. The summed E-state index contributed by atoms with van der Waals surface area (Å²) >= 11 is 0. The van der Waals surface area contributed by atoms with Crippen molar-refractivity contribution < 1.29 is 10.3 Å². The molecule has 98 valence electrons. The first-order chi connectivity index (χ1) is 8.43. The molecule has 0 spiro atoms. The van der Waals surface area contributed by atoms with Crippen LogP contribution in [0.3, 0.4) is 0 Å². The molecule has 4 N–H and O–H groups in total. The zero-order valence-corrected chi connectivity index (χ0v) is 10.5. The lowest BCUT2D eigenvalue weighted by atomic mass is 10.1. The van der Waals surface area contributed by atoms with Crippen LogP contribution in [0.4, 0.5) is 5.82 Å². The molecule has 0 radical (unpaired) electrons. The minimum absolute atomic E-state index is 0.0310. The zero-order valence-electron chi connectivity index (χ0n) is 10.5. The van der Waals surface area contributed by atoms with Crippen LogP contribution in [0.15, 0.2) is 11.4 Å². The molecule has 1 aliphatic rings. The van der Waals surface area contributed by atoms with Crippen LogP contribution >= 0.6 is 0 Å². The number of hydrogen-bond acceptors (Lipinski definition) is 6. The van der Waals surface area contributed by atoms with Gasteiger partial charge in [0.05, 0.1) is 11.2 Å². The van der Waals surface area contributed by atoms with Crippen LogP contribution in [0.25, 0.3) is 0 Å². The van der Waals surface area contributed by atoms with Crippen molar-refractivity contribution in [3.8, 4) is 0 Å². The van der Waals surface area contributed by atoms with Gasteiger partial charge in [0.25, 0.3) is 0 Å². The van der Waals surface area contributed by atoms with E-state index in [1.165, 1.54) is 6.20 Å². The summed E-state index contributed by atoms with van der Waals surface area (Å²) in [6.45, 7) is 4.70. The number of aliphatic hydroxyl groups is 1. The van der Waals surface area contributed by atoms with Gasteiger partial charge in [0.2, 0.25) is 0 Å². The Kier molecular flexibility index (Phi) is 3.08. The second-order valence-electron chi connectivity index (χ2n) is 4.81. The van der Waals surface area contributed by atoms with Gasteiger partial charge < -0.3 is 20.9 Å². The van der Waals surface area contributed by atoms with E-state index >= 15 is 0 Å². The summed E-state index contributed by atoms with van der Waals surface area (Å²) < 4.78 is 0. The molecule has 2 heterocycles. The molecule has 18 heavy (non-hydrogen) atoms. The van der Waals surface area contributed by atoms with Crippen molar-refractivity contribution in [3.63, 3.8) is 0 Å². The van der Waals surface area contributed by atoms with Gasteiger partial charge in [-0.2, -0.15) is 0 Å². The fourth-order valence-corrected chi connectivity index (χ4v) is 2.06. The SMILES string of the molecule is Cc1ncc(C(N)=NO)c(N2CCC(C)(O)C2)n1. The van der Waals surface area contributed by atoms with Gasteiger partial charge in [-0.05, 0) is 20.3 Å². The lowest BCUT2D eigenvalue weighted by Crippen LogP contribution is -2.32. The maximum absolute atomic E-state index is 9.99. The molecule has 0 saturated carbocycles. The highest BCUT2D eigenvalue weighted by Gasteiger charge is 2.33. The molecule has 1 atom stereocenters. The Morgan fingerprint density at radius 1 is 1.61 bits per heavy atom. The normalized spacial score (nSPS) is 24.6. The molecule has 2 rings (SSSR count).